The van der Waals surface area contributed by atoms with Gasteiger partial charge in [0.05, 0.1) is 5.92 Å². The summed E-state index contributed by atoms with van der Waals surface area (Å²) in [6.45, 7) is 6.52. The molecule has 1 aromatic heterocycles. The van der Waals surface area contributed by atoms with E-state index in [1.807, 2.05) is 4.90 Å². The second-order valence-electron chi connectivity index (χ2n) is 9.18. The minimum atomic E-state index is -0.229. The summed E-state index contributed by atoms with van der Waals surface area (Å²) < 4.78 is 13.2. The molecule has 3 heterocycles. The van der Waals surface area contributed by atoms with Crippen LogP contribution in [0.5, 0.6) is 0 Å². The van der Waals surface area contributed by atoms with Crippen molar-refractivity contribution in [3.05, 3.63) is 72.3 Å². The molecule has 0 bridgehead atoms. The summed E-state index contributed by atoms with van der Waals surface area (Å²) in [6.07, 6.45) is 5.32. The van der Waals surface area contributed by atoms with Crippen LogP contribution in [0.4, 0.5) is 15.9 Å². The van der Waals surface area contributed by atoms with Crippen molar-refractivity contribution in [1.82, 2.24) is 14.9 Å². The molecule has 0 radical (unpaired) electrons. The van der Waals surface area contributed by atoms with E-state index >= 15 is 0 Å². The number of amides is 1. The molecule has 2 saturated heterocycles. The summed E-state index contributed by atoms with van der Waals surface area (Å²) in [6, 6.07) is 15.0. The molecule has 0 unspecified atom stereocenters. The Morgan fingerprint density at radius 1 is 0.971 bits per heavy atom. The van der Waals surface area contributed by atoms with E-state index in [2.05, 4.69) is 51.0 Å². The third-order valence-electron chi connectivity index (χ3n) is 6.70. The first-order valence-electron chi connectivity index (χ1n) is 12.2. The quantitative estimate of drug-likeness (QED) is 0.518. The van der Waals surface area contributed by atoms with Gasteiger partial charge in [-0.15, -0.1) is 0 Å². The Morgan fingerprint density at radius 3 is 2.51 bits per heavy atom. The van der Waals surface area contributed by atoms with Crippen LogP contribution in [0, 0.1) is 18.7 Å². The maximum atomic E-state index is 13.4. The van der Waals surface area contributed by atoms with Crippen molar-refractivity contribution in [3.8, 4) is 0 Å². The summed E-state index contributed by atoms with van der Waals surface area (Å²) in [4.78, 5) is 30.3. The van der Waals surface area contributed by atoms with Crippen molar-refractivity contribution in [3.63, 3.8) is 0 Å². The number of carbonyl (C=O) groups excluding carboxylic acids is 1. The number of rotatable bonds is 5. The molecule has 0 aliphatic carbocycles. The van der Waals surface area contributed by atoms with Gasteiger partial charge in [-0.05, 0) is 56.2 Å². The maximum Gasteiger partial charge on any atom is 0.227 e. The van der Waals surface area contributed by atoms with E-state index in [4.69, 9.17) is 0 Å². The molecule has 0 saturated carbocycles. The summed E-state index contributed by atoms with van der Waals surface area (Å²) in [5.41, 5.74) is 2.22. The predicted molar refractivity (Wildman–Crippen MR) is 137 cm³/mol. The molecule has 5 rings (SSSR count). The number of piperidine rings is 1. The fourth-order valence-electron chi connectivity index (χ4n) is 4.86. The highest BCUT2D eigenvalue weighted by Crippen LogP contribution is 2.34. The first-order chi connectivity index (χ1) is 17.1. The van der Waals surface area contributed by atoms with Crippen LogP contribution in [0.1, 0.15) is 18.4 Å². The summed E-state index contributed by atoms with van der Waals surface area (Å²) >= 11 is 1.62. The zero-order chi connectivity index (χ0) is 24.2. The lowest BCUT2D eigenvalue weighted by Gasteiger charge is -2.40. The van der Waals surface area contributed by atoms with E-state index in [0.717, 1.165) is 53.9 Å². The minimum absolute atomic E-state index is 0.0417. The number of anilines is 2. The van der Waals surface area contributed by atoms with Crippen LogP contribution in [0.3, 0.4) is 0 Å². The van der Waals surface area contributed by atoms with Gasteiger partial charge in [0.2, 0.25) is 5.91 Å². The first-order valence-corrected chi connectivity index (χ1v) is 13.0. The molecule has 0 N–H and O–H groups in total. The normalized spacial score (nSPS) is 18.6. The topological polar surface area (TPSA) is 52.6 Å². The van der Waals surface area contributed by atoms with E-state index in [-0.39, 0.29) is 17.6 Å². The molecule has 0 spiro atoms. The standard InChI is InChI=1S/C27H30FN5OS/c1-20-4-2-6-24(18-20)35-26-25(29-11-12-30-26)33-13-3-5-21(19-33)27(34)32-16-14-31(15-17-32)23-9-7-22(28)8-10-23/h2,4,6-12,18,21H,3,5,13-17,19H2,1H3/t21-/m1/s1. The highest BCUT2D eigenvalue weighted by molar-refractivity contribution is 7.99. The van der Waals surface area contributed by atoms with Crippen LogP contribution in [-0.2, 0) is 4.79 Å². The average Bonchev–Trinajstić information content (AvgIpc) is 2.89. The number of hydrogen-bond acceptors (Lipinski definition) is 6. The fourth-order valence-corrected chi connectivity index (χ4v) is 5.86. The third-order valence-corrected chi connectivity index (χ3v) is 7.67. The maximum absolute atomic E-state index is 13.4. The van der Waals surface area contributed by atoms with Gasteiger partial charge in [-0.25, -0.2) is 14.4 Å². The summed E-state index contributed by atoms with van der Waals surface area (Å²) in [5, 5.41) is 0.874. The SMILES string of the molecule is Cc1cccc(Sc2nccnc2N2CCC[C@@H](C(=O)N3CCN(c4ccc(F)cc4)CC3)C2)c1. The highest BCUT2D eigenvalue weighted by Gasteiger charge is 2.32. The van der Waals surface area contributed by atoms with Gasteiger partial charge >= 0.3 is 0 Å². The number of carbonyl (C=O) groups is 1. The number of nitrogens with zero attached hydrogens (tertiary/aromatic N) is 5. The molecule has 6 nitrogen and oxygen atoms in total. The molecule has 8 heteroatoms. The predicted octanol–water partition coefficient (Wildman–Crippen LogP) is 4.64. The van der Waals surface area contributed by atoms with Crippen molar-refractivity contribution < 1.29 is 9.18 Å². The van der Waals surface area contributed by atoms with Crippen molar-refractivity contribution >= 4 is 29.2 Å². The smallest absolute Gasteiger partial charge is 0.227 e. The van der Waals surface area contributed by atoms with E-state index in [0.29, 0.717) is 19.6 Å². The van der Waals surface area contributed by atoms with E-state index in [1.165, 1.54) is 17.7 Å². The van der Waals surface area contributed by atoms with E-state index in [9.17, 15) is 9.18 Å². The molecule has 2 aliphatic heterocycles. The molecule has 182 valence electrons. The summed E-state index contributed by atoms with van der Waals surface area (Å²) in [5.74, 6) is 0.816. The molecule has 35 heavy (non-hydrogen) atoms. The van der Waals surface area contributed by atoms with Gasteiger partial charge in [-0.1, -0.05) is 29.5 Å². The van der Waals surface area contributed by atoms with Gasteiger partial charge in [0.25, 0.3) is 0 Å². The van der Waals surface area contributed by atoms with Crippen LogP contribution in [0.25, 0.3) is 0 Å². The Kier molecular flexibility index (Phi) is 7.18. The average molecular weight is 492 g/mol. The zero-order valence-corrected chi connectivity index (χ0v) is 20.8. The number of piperazine rings is 1. The zero-order valence-electron chi connectivity index (χ0n) is 19.9. The monoisotopic (exact) mass is 491 g/mol. The molecule has 1 atom stereocenters. The fraction of sp³-hybridized carbons (Fsp3) is 0.370. The van der Waals surface area contributed by atoms with Crippen molar-refractivity contribution in [2.45, 2.75) is 29.7 Å². The molecular weight excluding hydrogens is 461 g/mol. The van der Waals surface area contributed by atoms with E-state index in [1.54, 1.807) is 36.3 Å². The van der Waals surface area contributed by atoms with Gasteiger partial charge in [0.1, 0.15) is 10.8 Å². The lowest BCUT2D eigenvalue weighted by molar-refractivity contribution is -0.136. The van der Waals surface area contributed by atoms with E-state index < -0.39 is 0 Å². The van der Waals surface area contributed by atoms with Gasteiger partial charge in [-0.2, -0.15) is 0 Å². The van der Waals surface area contributed by atoms with Gasteiger partial charge < -0.3 is 14.7 Å². The van der Waals surface area contributed by atoms with Crippen molar-refractivity contribution in [2.24, 2.45) is 5.92 Å². The van der Waals surface area contributed by atoms with Crippen molar-refractivity contribution in [2.75, 3.05) is 49.1 Å². The largest absolute Gasteiger partial charge is 0.368 e. The minimum Gasteiger partial charge on any atom is -0.368 e. The highest BCUT2D eigenvalue weighted by atomic mass is 32.2. The number of aryl methyl sites for hydroxylation is 1. The number of aromatic nitrogens is 2. The molecular formula is C27H30FN5OS. The third kappa shape index (κ3) is 5.59. The molecule has 2 aromatic carbocycles. The Morgan fingerprint density at radius 2 is 1.74 bits per heavy atom. The molecule has 2 aliphatic rings. The van der Waals surface area contributed by atoms with Gasteiger partial charge in [-0.3, -0.25) is 4.79 Å². The number of halogens is 1. The van der Waals surface area contributed by atoms with Gasteiger partial charge in [0, 0.05) is 62.2 Å². The van der Waals surface area contributed by atoms with Crippen LogP contribution >= 0.6 is 11.8 Å². The summed E-state index contributed by atoms with van der Waals surface area (Å²) in [7, 11) is 0. The Balaban J connectivity index is 1.23. The van der Waals surface area contributed by atoms with Crippen LogP contribution in [0.2, 0.25) is 0 Å². The first kappa shape index (κ1) is 23.6. The molecule has 1 amide bonds. The Bertz CT molecular complexity index is 1170. The number of hydrogen-bond donors (Lipinski definition) is 0. The molecule has 3 aromatic rings. The Labute approximate surface area is 210 Å². The van der Waals surface area contributed by atoms with Crippen molar-refractivity contribution in [1.29, 1.82) is 0 Å². The van der Waals surface area contributed by atoms with Crippen LogP contribution in [-0.4, -0.2) is 60.0 Å². The van der Waals surface area contributed by atoms with Gasteiger partial charge in [0.15, 0.2) is 5.82 Å². The lowest BCUT2D eigenvalue weighted by Crippen LogP contribution is -2.52. The lowest BCUT2D eigenvalue weighted by atomic mass is 9.96. The Hall–Kier alpha value is -3.13. The van der Waals surface area contributed by atoms with Crippen LogP contribution in [0.15, 0.2) is 70.8 Å². The molecule has 2 fully saturated rings. The number of benzene rings is 2. The van der Waals surface area contributed by atoms with Crippen LogP contribution < -0.4 is 9.80 Å². The second kappa shape index (κ2) is 10.6. The second-order valence-corrected chi connectivity index (χ2v) is 10.2.